The summed E-state index contributed by atoms with van der Waals surface area (Å²) in [6.07, 6.45) is 1.37. The van der Waals surface area contributed by atoms with Gasteiger partial charge in [0.15, 0.2) is 0 Å². The summed E-state index contributed by atoms with van der Waals surface area (Å²) in [4.78, 5) is 36.8. The van der Waals surface area contributed by atoms with E-state index in [1.165, 1.54) is 11.8 Å². The first kappa shape index (κ1) is 20.7. The summed E-state index contributed by atoms with van der Waals surface area (Å²) in [5.74, 6) is -1.92. The van der Waals surface area contributed by atoms with E-state index in [2.05, 4.69) is 5.32 Å². The van der Waals surface area contributed by atoms with Crippen molar-refractivity contribution in [3.63, 3.8) is 0 Å². The third-order valence-corrected chi connectivity index (χ3v) is 5.66. The largest absolute Gasteiger partial charge is 0.481 e. The van der Waals surface area contributed by atoms with Gasteiger partial charge >= 0.3 is 5.97 Å². The van der Waals surface area contributed by atoms with Crippen LogP contribution in [0.4, 0.5) is 0 Å². The number of nitrogens with one attached hydrogen (secondary N) is 1. The summed E-state index contributed by atoms with van der Waals surface area (Å²) in [7, 11) is 0. The van der Waals surface area contributed by atoms with Crippen molar-refractivity contribution >= 4 is 75.4 Å². The predicted molar refractivity (Wildman–Crippen MR) is 106 cm³/mol. The summed E-state index contributed by atoms with van der Waals surface area (Å²) in [6, 6.07) is 4.19. The Morgan fingerprint density at radius 1 is 1.42 bits per heavy atom. The number of thiocarbonyl (C=S) groups is 1. The number of carboxylic acids is 1. The van der Waals surface area contributed by atoms with E-state index in [1.54, 1.807) is 24.3 Å². The van der Waals surface area contributed by atoms with Crippen molar-refractivity contribution in [2.75, 3.05) is 6.54 Å². The lowest BCUT2D eigenvalue weighted by molar-refractivity contribution is -0.137. The van der Waals surface area contributed by atoms with E-state index in [9.17, 15) is 14.4 Å². The van der Waals surface area contributed by atoms with Crippen LogP contribution in [0.25, 0.3) is 6.08 Å². The first-order valence-corrected chi connectivity index (χ1v) is 9.41. The molecule has 0 saturated carbocycles. The normalized spacial score (nSPS) is 16.9. The number of aliphatic carboxylic acids is 1. The molecule has 1 aliphatic rings. The van der Waals surface area contributed by atoms with Crippen molar-refractivity contribution in [3.05, 3.63) is 38.7 Å². The molecule has 1 atom stereocenters. The van der Waals surface area contributed by atoms with Crippen molar-refractivity contribution in [1.29, 1.82) is 0 Å². The van der Waals surface area contributed by atoms with Gasteiger partial charge in [-0.3, -0.25) is 19.3 Å². The fourth-order valence-corrected chi connectivity index (χ4v) is 3.92. The van der Waals surface area contributed by atoms with Gasteiger partial charge in [0.1, 0.15) is 10.4 Å². The Labute approximate surface area is 169 Å². The number of halogens is 2. The molecule has 1 saturated heterocycles. The van der Waals surface area contributed by atoms with E-state index >= 15 is 0 Å². The lowest BCUT2D eigenvalue weighted by atomic mass is 10.2. The first-order chi connectivity index (χ1) is 12.2. The molecule has 1 unspecified atom stereocenters. The molecular weight excluding hydrogens is 419 g/mol. The number of carbonyl (C=O) groups excluding carboxylic acids is 2. The maximum Gasteiger partial charge on any atom is 0.305 e. The highest BCUT2D eigenvalue weighted by atomic mass is 35.5. The van der Waals surface area contributed by atoms with Gasteiger partial charge in [-0.1, -0.05) is 59.3 Å². The van der Waals surface area contributed by atoms with Crippen LogP contribution < -0.4 is 5.32 Å². The zero-order valence-electron chi connectivity index (χ0n) is 13.5. The van der Waals surface area contributed by atoms with E-state index in [1.807, 2.05) is 0 Å². The third kappa shape index (κ3) is 4.76. The highest BCUT2D eigenvalue weighted by Crippen LogP contribution is 2.36. The van der Waals surface area contributed by atoms with Gasteiger partial charge in [0.05, 0.1) is 21.4 Å². The minimum Gasteiger partial charge on any atom is -0.481 e. The average molecular weight is 433 g/mol. The smallest absolute Gasteiger partial charge is 0.305 e. The van der Waals surface area contributed by atoms with Crippen molar-refractivity contribution in [3.8, 4) is 0 Å². The van der Waals surface area contributed by atoms with Crippen molar-refractivity contribution in [1.82, 2.24) is 10.2 Å². The second-order valence-electron chi connectivity index (χ2n) is 5.31. The summed E-state index contributed by atoms with van der Waals surface area (Å²) >= 11 is 18.4. The Kier molecular flexibility index (Phi) is 7.05. The molecule has 1 heterocycles. The number of carbonyl (C=O) groups is 3. The highest BCUT2D eigenvalue weighted by Gasteiger charge is 2.38. The average Bonchev–Trinajstić information content (AvgIpc) is 2.84. The van der Waals surface area contributed by atoms with Crippen LogP contribution in [-0.2, 0) is 14.4 Å². The lowest BCUT2D eigenvalue weighted by Crippen LogP contribution is -2.47. The van der Waals surface area contributed by atoms with Gasteiger partial charge in [0.2, 0.25) is 5.91 Å². The van der Waals surface area contributed by atoms with E-state index < -0.39 is 23.8 Å². The van der Waals surface area contributed by atoms with Crippen molar-refractivity contribution < 1.29 is 19.5 Å². The van der Waals surface area contributed by atoms with Gasteiger partial charge < -0.3 is 10.4 Å². The molecule has 0 spiro atoms. The Balaban J connectivity index is 2.15. The quantitative estimate of drug-likeness (QED) is 0.530. The third-order valence-electron chi connectivity index (χ3n) is 3.50. The van der Waals surface area contributed by atoms with Crippen LogP contribution in [0.5, 0.6) is 0 Å². The van der Waals surface area contributed by atoms with Crippen LogP contribution >= 0.6 is 47.2 Å². The molecule has 6 nitrogen and oxygen atoms in total. The molecule has 0 aromatic heterocycles. The number of nitrogens with zero attached hydrogens (tertiary/aromatic N) is 1. The van der Waals surface area contributed by atoms with E-state index in [4.69, 9.17) is 40.5 Å². The summed E-state index contributed by atoms with van der Waals surface area (Å²) in [5.41, 5.74) is 0.568. The van der Waals surface area contributed by atoms with Gasteiger partial charge in [-0.15, -0.1) is 0 Å². The number of benzene rings is 1. The predicted octanol–water partition coefficient (Wildman–Crippen LogP) is 3.17. The number of hydrogen-bond acceptors (Lipinski definition) is 5. The molecule has 26 heavy (non-hydrogen) atoms. The number of carboxylic acid groups (broad SMARTS) is 1. The standard InChI is InChI=1S/C16H14Cl2N2O4S2/c1-8(14(23)19-6-5-12(21)22)20-15(24)11(26-16(20)25)7-9-3-2-4-10(17)13(9)18/h2-4,7-8H,5-6H2,1H3,(H,19,23)(H,21,22)/b11-7-. The van der Waals surface area contributed by atoms with Crippen LogP contribution in [-0.4, -0.2) is 44.7 Å². The number of amides is 2. The first-order valence-electron chi connectivity index (χ1n) is 7.43. The molecule has 1 aromatic rings. The topological polar surface area (TPSA) is 86.7 Å². The van der Waals surface area contributed by atoms with E-state index in [-0.39, 0.29) is 17.3 Å². The van der Waals surface area contributed by atoms with Gasteiger partial charge in [-0.2, -0.15) is 0 Å². The van der Waals surface area contributed by atoms with Gasteiger partial charge in [-0.05, 0) is 24.6 Å². The minimum atomic E-state index is -1.02. The van der Waals surface area contributed by atoms with Gasteiger partial charge in [-0.25, -0.2) is 0 Å². The summed E-state index contributed by atoms with van der Waals surface area (Å²) in [5, 5.41) is 11.8. The number of rotatable bonds is 6. The summed E-state index contributed by atoms with van der Waals surface area (Å²) < 4.78 is 0.236. The van der Waals surface area contributed by atoms with Crippen molar-refractivity contribution in [2.24, 2.45) is 0 Å². The fourth-order valence-electron chi connectivity index (χ4n) is 2.14. The molecule has 1 aromatic carbocycles. The second kappa shape index (κ2) is 8.85. The Morgan fingerprint density at radius 3 is 2.77 bits per heavy atom. The van der Waals surface area contributed by atoms with Crippen LogP contribution in [0.1, 0.15) is 18.9 Å². The maximum absolute atomic E-state index is 12.6. The molecular formula is C16H14Cl2N2O4S2. The van der Waals surface area contributed by atoms with Gasteiger partial charge in [0.25, 0.3) is 5.91 Å². The SMILES string of the molecule is CC(C(=O)NCCC(=O)O)N1C(=O)/C(=C/c2cccc(Cl)c2Cl)SC1=S. The summed E-state index contributed by atoms with van der Waals surface area (Å²) in [6.45, 7) is 1.50. The Morgan fingerprint density at radius 2 is 2.12 bits per heavy atom. The molecule has 0 aliphatic carbocycles. The molecule has 1 aliphatic heterocycles. The fraction of sp³-hybridized carbons (Fsp3) is 0.250. The Bertz CT molecular complexity index is 813. The molecule has 1 fully saturated rings. The molecule has 2 rings (SSSR count). The molecule has 2 N–H and O–H groups in total. The van der Waals surface area contributed by atoms with Crippen LogP contribution in [0.2, 0.25) is 10.0 Å². The highest BCUT2D eigenvalue weighted by molar-refractivity contribution is 8.26. The number of thioether (sulfide) groups is 1. The molecule has 2 amide bonds. The molecule has 0 bridgehead atoms. The van der Waals surface area contributed by atoms with E-state index in [0.29, 0.717) is 20.5 Å². The molecule has 138 valence electrons. The number of hydrogen-bond donors (Lipinski definition) is 2. The monoisotopic (exact) mass is 432 g/mol. The van der Waals surface area contributed by atoms with Crippen LogP contribution in [0.15, 0.2) is 23.1 Å². The lowest BCUT2D eigenvalue weighted by Gasteiger charge is -2.22. The molecule has 0 radical (unpaired) electrons. The van der Waals surface area contributed by atoms with Gasteiger partial charge in [0, 0.05) is 6.54 Å². The van der Waals surface area contributed by atoms with E-state index in [0.717, 1.165) is 11.8 Å². The Hall–Kier alpha value is -1.61. The second-order valence-corrected chi connectivity index (χ2v) is 7.77. The van der Waals surface area contributed by atoms with Crippen LogP contribution in [0, 0.1) is 0 Å². The van der Waals surface area contributed by atoms with Crippen LogP contribution in [0.3, 0.4) is 0 Å². The maximum atomic E-state index is 12.6. The zero-order valence-corrected chi connectivity index (χ0v) is 16.6. The zero-order chi connectivity index (χ0) is 19.4. The molecule has 10 heteroatoms. The van der Waals surface area contributed by atoms with Crippen molar-refractivity contribution in [2.45, 2.75) is 19.4 Å². The minimum absolute atomic E-state index is 0.0265.